The predicted molar refractivity (Wildman–Crippen MR) is 208 cm³/mol. The smallest absolute Gasteiger partial charge is 0.302 e. The molecule has 4 unspecified atom stereocenters. The number of esters is 1. The lowest BCUT2D eigenvalue weighted by atomic mass is 9.84. The second kappa shape index (κ2) is 16.3. The minimum absolute atomic E-state index is 0.0597. The van der Waals surface area contributed by atoms with Crippen LogP contribution in [0.4, 0.5) is 0 Å². The Bertz CT molecular complexity index is 2020. The van der Waals surface area contributed by atoms with E-state index in [4.69, 9.17) is 14.5 Å². The standard InChI is InChI=1S/C42H54N6O6/c1-8-47-36-14-13-29(22-33(36)34(23-42(5,6)24-54-27(4)49)39(47)32-12-11-15-43-38(32)26(3)53-7)30-18-28(19-31(50)21-30)20-35(46-40(51)37-25(2)45-37)41(52)48-17-10-9-16-44-48/h11-15,18-19,21-22,25-26,35,37,44-45,50H,8-10,16-17,20,23-24H2,1-7H3,(H,46,51). The summed E-state index contributed by atoms with van der Waals surface area (Å²) in [7, 11) is 1.68. The van der Waals surface area contributed by atoms with Crippen LogP contribution in [0, 0.1) is 5.41 Å². The van der Waals surface area contributed by atoms with E-state index in [-0.39, 0.29) is 54.7 Å². The Balaban J connectivity index is 1.43. The fraction of sp³-hybridized carbons (Fsp3) is 0.476. The molecule has 0 aliphatic carbocycles. The number of phenolic OH excluding ortho intramolecular Hbond substituents is 1. The second-order valence-electron chi connectivity index (χ2n) is 15.4. The van der Waals surface area contributed by atoms with Gasteiger partial charge in [0.05, 0.1) is 24.1 Å². The summed E-state index contributed by atoms with van der Waals surface area (Å²) in [5, 5.41) is 19.8. The predicted octanol–water partition coefficient (Wildman–Crippen LogP) is 5.45. The quantitative estimate of drug-likeness (QED) is 0.0976. The number of pyridine rings is 1. The van der Waals surface area contributed by atoms with Gasteiger partial charge in [0.1, 0.15) is 17.8 Å². The van der Waals surface area contributed by atoms with Gasteiger partial charge < -0.3 is 24.5 Å². The Morgan fingerprint density at radius 1 is 1.11 bits per heavy atom. The fourth-order valence-electron chi connectivity index (χ4n) is 7.55. The number of benzene rings is 2. The molecule has 0 bridgehead atoms. The van der Waals surface area contributed by atoms with Gasteiger partial charge in [-0.15, -0.1) is 0 Å². The van der Waals surface area contributed by atoms with Gasteiger partial charge in [-0.1, -0.05) is 26.0 Å². The summed E-state index contributed by atoms with van der Waals surface area (Å²) in [5.74, 6) is -0.661. The lowest BCUT2D eigenvalue weighted by Crippen LogP contribution is -2.56. The Kier molecular flexibility index (Phi) is 11.7. The summed E-state index contributed by atoms with van der Waals surface area (Å²) in [6.45, 7) is 13.9. The van der Waals surface area contributed by atoms with Crippen molar-refractivity contribution in [2.75, 3.05) is 26.8 Å². The molecular formula is C42H54N6O6. The number of nitrogens with one attached hydrogen (secondary N) is 3. The molecule has 12 nitrogen and oxygen atoms in total. The van der Waals surface area contributed by atoms with E-state index in [1.807, 2.05) is 26.0 Å². The molecule has 2 aromatic heterocycles. The van der Waals surface area contributed by atoms with Crippen molar-refractivity contribution >= 4 is 28.7 Å². The molecule has 2 fully saturated rings. The van der Waals surface area contributed by atoms with Crippen molar-refractivity contribution in [1.82, 2.24) is 30.6 Å². The van der Waals surface area contributed by atoms with Crippen molar-refractivity contribution in [2.45, 2.75) is 98.0 Å². The Morgan fingerprint density at radius 3 is 2.56 bits per heavy atom. The molecule has 4 N–H and O–H groups in total. The first-order chi connectivity index (χ1) is 25.8. The van der Waals surface area contributed by atoms with Crippen molar-refractivity contribution < 1.29 is 29.0 Å². The maximum absolute atomic E-state index is 13.8. The largest absolute Gasteiger partial charge is 0.508 e. The topological polar surface area (TPSA) is 157 Å². The molecule has 54 heavy (non-hydrogen) atoms. The van der Waals surface area contributed by atoms with Crippen molar-refractivity contribution in [1.29, 1.82) is 0 Å². The van der Waals surface area contributed by atoms with E-state index in [2.05, 4.69) is 65.7 Å². The number of aryl methyl sites for hydroxylation is 1. The Labute approximate surface area is 317 Å². The number of methoxy groups -OCH3 is 1. The molecular weight excluding hydrogens is 684 g/mol. The van der Waals surface area contributed by atoms with Gasteiger partial charge in [0, 0.05) is 74.2 Å². The highest BCUT2D eigenvalue weighted by molar-refractivity contribution is 5.95. The molecule has 2 amide bonds. The van der Waals surface area contributed by atoms with Gasteiger partial charge in [-0.05, 0) is 98.7 Å². The third-order valence-electron chi connectivity index (χ3n) is 10.5. The van der Waals surface area contributed by atoms with Crippen LogP contribution in [0.3, 0.4) is 0 Å². The number of nitrogens with zero attached hydrogens (tertiary/aromatic N) is 3. The Morgan fingerprint density at radius 2 is 1.89 bits per heavy atom. The highest BCUT2D eigenvalue weighted by Gasteiger charge is 2.40. The van der Waals surface area contributed by atoms with Gasteiger partial charge in [-0.25, -0.2) is 5.43 Å². The molecule has 0 saturated carbocycles. The molecule has 0 spiro atoms. The van der Waals surface area contributed by atoms with Gasteiger partial charge in [0.2, 0.25) is 5.91 Å². The van der Waals surface area contributed by atoms with Gasteiger partial charge >= 0.3 is 5.97 Å². The van der Waals surface area contributed by atoms with Crippen LogP contribution in [0.5, 0.6) is 5.75 Å². The zero-order chi connectivity index (χ0) is 38.7. The van der Waals surface area contributed by atoms with Crippen LogP contribution in [0.1, 0.15) is 77.3 Å². The summed E-state index contributed by atoms with van der Waals surface area (Å²) in [6.07, 6.45) is 4.22. The summed E-state index contributed by atoms with van der Waals surface area (Å²) < 4.78 is 13.6. The minimum Gasteiger partial charge on any atom is -0.508 e. The number of hydrogen-bond acceptors (Lipinski definition) is 9. The molecule has 2 saturated heterocycles. The maximum atomic E-state index is 13.8. The van der Waals surface area contributed by atoms with Crippen LogP contribution in [0.25, 0.3) is 33.3 Å². The summed E-state index contributed by atoms with van der Waals surface area (Å²) in [6, 6.07) is 14.6. The third-order valence-corrected chi connectivity index (χ3v) is 10.5. The number of hydrazine groups is 1. The van der Waals surface area contributed by atoms with Gasteiger partial charge in [-0.3, -0.25) is 29.7 Å². The number of fused-ring (bicyclic) bond motifs is 1. The second-order valence-corrected chi connectivity index (χ2v) is 15.4. The Hall–Kier alpha value is -4.78. The lowest BCUT2D eigenvalue weighted by molar-refractivity contribution is -0.144. The molecule has 4 heterocycles. The normalized spacial score (nSPS) is 18.3. The van der Waals surface area contributed by atoms with E-state index in [1.165, 1.54) is 6.92 Å². The first-order valence-corrected chi connectivity index (χ1v) is 19.0. The van der Waals surface area contributed by atoms with Crippen LogP contribution in [0.2, 0.25) is 0 Å². The number of hydrogen-bond donors (Lipinski definition) is 4. The molecule has 2 aliphatic rings. The number of carbonyl (C=O) groups excluding carboxylic acids is 3. The molecule has 2 aliphatic heterocycles. The van der Waals surface area contributed by atoms with Crippen molar-refractivity contribution in [3.63, 3.8) is 0 Å². The minimum atomic E-state index is -0.815. The molecule has 2 aromatic carbocycles. The van der Waals surface area contributed by atoms with Crippen molar-refractivity contribution in [3.05, 3.63) is 71.5 Å². The fourth-order valence-corrected chi connectivity index (χ4v) is 7.55. The maximum Gasteiger partial charge on any atom is 0.302 e. The summed E-state index contributed by atoms with van der Waals surface area (Å²) in [4.78, 5) is 43.5. The van der Waals surface area contributed by atoms with Crippen LogP contribution in [0.15, 0.2) is 54.7 Å². The monoisotopic (exact) mass is 738 g/mol. The van der Waals surface area contributed by atoms with E-state index < -0.39 is 11.5 Å². The van der Waals surface area contributed by atoms with Crippen LogP contribution in [-0.4, -0.2) is 82.4 Å². The molecule has 6 rings (SSSR count). The molecule has 288 valence electrons. The highest BCUT2D eigenvalue weighted by atomic mass is 16.5. The van der Waals surface area contributed by atoms with Gasteiger partial charge in [0.25, 0.3) is 5.91 Å². The number of aromatic nitrogens is 2. The third kappa shape index (κ3) is 8.61. The van der Waals surface area contributed by atoms with Crippen LogP contribution < -0.4 is 16.1 Å². The van der Waals surface area contributed by atoms with E-state index in [1.54, 1.807) is 30.4 Å². The highest BCUT2D eigenvalue weighted by Crippen LogP contribution is 2.42. The average Bonchev–Trinajstić information content (AvgIpc) is 3.83. The van der Waals surface area contributed by atoms with Crippen molar-refractivity contribution in [3.8, 4) is 28.1 Å². The van der Waals surface area contributed by atoms with E-state index in [0.29, 0.717) is 26.1 Å². The zero-order valence-electron chi connectivity index (χ0n) is 32.5. The number of phenols is 1. The van der Waals surface area contributed by atoms with Crippen LogP contribution in [-0.2, 0) is 43.2 Å². The van der Waals surface area contributed by atoms with E-state index >= 15 is 0 Å². The molecule has 4 aromatic rings. The van der Waals surface area contributed by atoms with Gasteiger partial charge in [0.15, 0.2) is 0 Å². The van der Waals surface area contributed by atoms with Crippen LogP contribution >= 0.6 is 0 Å². The summed E-state index contributed by atoms with van der Waals surface area (Å²) in [5.41, 5.74) is 10.1. The average molecular weight is 739 g/mol. The van der Waals surface area contributed by atoms with Gasteiger partial charge in [-0.2, -0.15) is 0 Å². The first-order valence-electron chi connectivity index (χ1n) is 19.0. The van der Waals surface area contributed by atoms with E-state index in [0.717, 1.165) is 62.9 Å². The number of aromatic hydroxyl groups is 1. The molecule has 12 heteroatoms. The van der Waals surface area contributed by atoms with E-state index in [9.17, 15) is 19.5 Å². The summed E-state index contributed by atoms with van der Waals surface area (Å²) >= 11 is 0. The molecule has 0 radical (unpaired) electrons. The number of ether oxygens (including phenoxy) is 2. The lowest BCUT2D eigenvalue weighted by Gasteiger charge is -2.31. The van der Waals surface area contributed by atoms with Crippen molar-refractivity contribution in [2.24, 2.45) is 5.41 Å². The molecule has 4 atom stereocenters. The number of carbonyl (C=O) groups is 3. The number of amides is 2. The number of rotatable bonds is 14. The first kappa shape index (κ1) is 38.9. The zero-order valence-corrected chi connectivity index (χ0v) is 32.5. The SMILES string of the molecule is CCn1c(-c2cccnc2C(C)OC)c(CC(C)(C)COC(C)=O)c2cc(-c3cc(O)cc(CC(NC(=O)C4NC4C)C(=O)N4CCCCN4)c3)ccc21.